The number of hydrogen-bond donors (Lipinski definition) is 1. The highest BCUT2D eigenvalue weighted by Gasteiger charge is 2.39. The number of carbonyl (C=O) groups is 2. The number of fused-ring (bicyclic) bond motifs is 1. The molecule has 0 bridgehead atoms. The highest BCUT2D eigenvalue weighted by Crippen LogP contribution is 2.38. The van der Waals surface area contributed by atoms with Gasteiger partial charge in [0.1, 0.15) is 0 Å². The largest absolute Gasteiger partial charge is 0.337 e. The molecule has 0 saturated carbocycles. The highest BCUT2D eigenvalue weighted by atomic mass is 32.2. The lowest BCUT2D eigenvalue weighted by molar-refractivity contribution is -0.119. The summed E-state index contributed by atoms with van der Waals surface area (Å²) in [6, 6.07) is 5.18. The lowest BCUT2D eigenvalue weighted by Crippen LogP contribution is -2.45. The normalized spacial score (nSPS) is 22.9. The summed E-state index contributed by atoms with van der Waals surface area (Å²) in [5, 5.41) is 2.32. The number of nitrogens with zero attached hydrogens (tertiary/aromatic N) is 1. The molecule has 1 N–H and O–H groups in total. The second-order valence-electron chi connectivity index (χ2n) is 7.18. The van der Waals surface area contributed by atoms with Crippen molar-refractivity contribution in [1.29, 1.82) is 0 Å². The SMILES string of the molecule is CC1(C)C(=O)Nc2ccc(C(=O)N3CCCC(S(C)(=O)=O)C3)cc21. The van der Waals surface area contributed by atoms with Crippen LogP contribution < -0.4 is 5.32 Å². The molecule has 3 rings (SSSR count). The molecule has 1 aromatic rings. The molecule has 2 aliphatic heterocycles. The van der Waals surface area contributed by atoms with E-state index in [0.717, 1.165) is 11.3 Å². The van der Waals surface area contributed by atoms with Gasteiger partial charge < -0.3 is 10.2 Å². The van der Waals surface area contributed by atoms with Gasteiger partial charge in [0.15, 0.2) is 9.84 Å². The van der Waals surface area contributed by atoms with Crippen molar-refractivity contribution in [3.8, 4) is 0 Å². The van der Waals surface area contributed by atoms with Crippen LogP contribution in [0.2, 0.25) is 0 Å². The van der Waals surface area contributed by atoms with Gasteiger partial charge in [0.25, 0.3) is 5.91 Å². The zero-order chi connectivity index (χ0) is 17.7. The molecular weight excluding hydrogens is 328 g/mol. The molecule has 1 saturated heterocycles. The summed E-state index contributed by atoms with van der Waals surface area (Å²) in [5.74, 6) is -0.265. The minimum absolute atomic E-state index is 0.0859. The van der Waals surface area contributed by atoms with Crippen LogP contribution in [0.3, 0.4) is 0 Å². The molecule has 2 amide bonds. The lowest BCUT2D eigenvalue weighted by Gasteiger charge is -2.32. The first-order valence-corrected chi connectivity index (χ1v) is 10.0. The predicted molar refractivity (Wildman–Crippen MR) is 91.9 cm³/mol. The Balaban J connectivity index is 1.87. The number of piperidine rings is 1. The fourth-order valence-corrected chi connectivity index (χ4v) is 4.40. The van der Waals surface area contributed by atoms with Crippen LogP contribution in [0.5, 0.6) is 0 Å². The van der Waals surface area contributed by atoms with Crippen molar-refractivity contribution in [2.75, 3.05) is 24.7 Å². The Morgan fingerprint density at radius 3 is 2.71 bits per heavy atom. The van der Waals surface area contributed by atoms with E-state index in [4.69, 9.17) is 0 Å². The maximum atomic E-state index is 12.8. The fraction of sp³-hybridized carbons (Fsp3) is 0.529. The summed E-state index contributed by atoms with van der Waals surface area (Å²) in [5.41, 5.74) is 1.35. The average Bonchev–Trinajstić information content (AvgIpc) is 2.75. The number of amides is 2. The summed E-state index contributed by atoms with van der Waals surface area (Å²) in [6.45, 7) is 4.43. The maximum absolute atomic E-state index is 12.8. The van der Waals surface area contributed by atoms with Crippen LogP contribution in [0.1, 0.15) is 42.6 Å². The van der Waals surface area contributed by atoms with E-state index in [1.54, 1.807) is 23.1 Å². The molecule has 0 radical (unpaired) electrons. The van der Waals surface area contributed by atoms with E-state index in [9.17, 15) is 18.0 Å². The van der Waals surface area contributed by atoms with Crippen molar-refractivity contribution in [1.82, 2.24) is 4.90 Å². The van der Waals surface area contributed by atoms with Crippen LogP contribution in [-0.4, -0.2) is 49.7 Å². The van der Waals surface area contributed by atoms with E-state index in [1.807, 2.05) is 13.8 Å². The molecule has 1 aromatic carbocycles. The molecular formula is C17H22N2O4S. The number of hydrogen-bond acceptors (Lipinski definition) is 4. The third-order valence-electron chi connectivity index (χ3n) is 5.03. The van der Waals surface area contributed by atoms with Crippen molar-refractivity contribution in [2.24, 2.45) is 0 Å². The van der Waals surface area contributed by atoms with E-state index in [-0.39, 0.29) is 18.4 Å². The monoisotopic (exact) mass is 350 g/mol. The molecule has 130 valence electrons. The Morgan fingerprint density at radius 2 is 2.04 bits per heavy atom. The van der Waals surface area contributed by atoms with E-state index >= 15 is 0 Å². The van der Waals surface area contributed by atoms with Gasteiger partial charge in [-0.25, -0.2) is 8.42 Å². The van der Waals surface area contributed by atoms with Gasteiger partial charge in [0.2, 0.25) is 5.91 Å². The van der Waals surface area contributed by atoms with E-state index < -0.39 is 20.5 Å². The quantitative estimate of drug-likeness (QED) is 0.877. The second kappa shape index (κ2) is 5.58. The average molecular weight is 350 g/mol. The Hall–Kier alpha value is -1.89. The zero-order valence-electron chi connectivity index (χ0n) is 14.1. The van der Waals surface area contributed by atoms with Gasteiger partial charge in [0.05, 0.1) is 10.7 Å². The number of likely N-dealkylation sites (tertiary alicyclic amines) is 1. The lowest BCUT2D eigenvalue weighted by atomic mass is 9.85. The Labute approximate surface area is 142 Å². The second-order valence-corrected chi connectivity index (χ2v) is 9.51. The third kappa shape index (κ3) is 2.81. The van der Waals surface area contributed by atoms with E-state index in [2.05, 4.69) is 5.32 Å². The number of sulfone groups is 1. The minimum Gasteiger partial charge on any atom is -0.337 e. The predicted octanol–water partition coefficient (Wildman–Crippen LogP) is 1.57. The first-order chi connectivity index (χ1) is 11.1. The Bertz CT molecular complexity index is 814. The summed E-state index contributed by atoms with van der Waals surface area (Å²) in [7, 11) is -3.16. The third-order valence-corrected chi connectivity index (χ3v) is 6.62. The zero-order valence-corrected chi connectivity index (χ0v) is 14.9. The summed E-state index contributed by atoms with van der Waals surface area (Å²) in [4.78, 5) is 26.4. The van der Waals surface area contributed by atoms with Crippen LogP contribution in [-0.2, 0) is 20.0 Å². The maximum Gasteiger partial charge on any atom is 0.253 e. The van der Waals surface area contributed by atoms with Crippen molar-refractivity contribution in [3.05, 3.63) is 29.3 Å². The van der Waals surface area contributed by atoms with Gasteiger partial charge in [-0.1, -0.05) is 0 Å². The van der Waals surface area contributed by atoms with Crippen LogP contribution in [0.15, 0.2) is 18.2 Å². The summed E-state index contributed by atoms with van der Waals surface area (Å²) >= 11 is 0. The van der Waals surface area contributed by atoms with Crippen LogP contribution >= 0.6 is 0 Å². The van der Waals surface area contributed by atoms with Crippen LogP contribution in [0.25, 0.3) is 0 Å². The molecule has 0 aliphatic carbocycles. The molecule has 0 aromatic heterocycles. The molecule has 6 nitrogen and oxygen atoms in total. The highest BCUT2D eigenvalue weighted by molar-refractivity contribution is 7.91. The van der Waals surface area contributed by atoms with Crippen LogP contribution in [0, 0.1) is 0 Å². The van der Waals surface area contributed by atoms with Gasteiger partial charge in [0, 0.05) is 30.6 Å². The number of rotatable bonds is 2. The molecule has 1 atom stereocenters. The van der Waals surface area contributed by atoms with Gasteiger partial charge in [-0.05, 0) is 50.5 Å². The topological polar surface area (TPSA) is 83.6 Å². The van der Waals surface area contributed by atoms with Gasteiger partial charge in [-0.2, -0.15) is 0 Å². The number of benzene rings is 1. The van der Waals surface area contributed by atoms with Gasteiger partial charge in [-0.15, -0.1) is 0 Å². The molecule has 24 heavy (non-hydrogen) atoms. The first kappa shape index (κ1) is 17.0. The van der Waals surface area contributed by atoms with Gasteiger partial charge in [-0.3, -0.25) is 9.59 Å². The first-order valence-electron chi connectivity index (χ1n) is 8.05. The number of nitrogens with one attached hydrogen (secondary N) is 1. The molecule has 2 aliphatic rings. The summed E-state index contributed by atoms with van der Waals surface area (Å²) in [6.07, 6.45) is 2.50. The Morgan fingerprint density at radius 1 is 1.33 bits per heavy atom. The van der Waals surface area contributed by atoms with Gasteiger partial charge >= 0.3 is 0 Å². The molecule has 0 spiro atoms. The summed E-state index contributed by atoms with van der Waals surface area (Å²) < 4.78 is 23.6. The fourth-order valence-electron chi connectivity index (χ4n) is 3.36. The van der Waals surface area contributed by atoms with Crippen molar-refractivity contribution in [2.45, 2.75) is 37.4 Å². The van der Waals surface area contributed by atoms with Crippen molar-refractivity contribution >= 4 is 27.3 Å². The van der Waals surface area contributed by atoms with E-state index in [1.165, 1.54) is 6.26 Å². The molecule has 1 fully saturated rings. The van der Waals surface area contributed by atoms with Crippen molar-refractivity contribution in [3.63, 3.8) is 0 Å². The number of carbonyl (C=O) groups excluding carboxylic acids is 2. The Kier molecular flexibility index (Phi) is 3.94. The number of anilines is 1. The molecule has 2 heterocycles. The standard InChI is InChI=1S/C17H22N2O4S/c1-17(2)13-9-11(6-7-14(13)18-16(17)21)15(20)19-8-4-5-12(10-19)24(3,22)23/h6-7,9,12H,4-5,8,10H2,1-3H3,(H,18,21). The smallest absolute Gasteiger partial charge is 0.253 e. The van der Waals surface area contributed by atoms with E-state index in [0.29, 0.717) is 24.9 Å². The molecule has 7 heteroatoms. The van der Waals surface area contributed by atoms with Crippen LogP contribution in [0.4, 0.5) is 5.69 Å². The molecule has 1 unspecified atom stereocenters. The minimum atomic E-state index is -3.16. The van der Waals surface area contributed by atoms with Crippen molar-refractivity contribution < 1.29 is 18.0 Å².